The van der Waals surface area contributed by atoms with E-state index in [0.717, 1.165) is 0 Å². The summed E-state index contributed by atoms with van der Waals surface area (Å²) < 4.78 is 10.1. The standard InChI is InChI=1S/C9H15N3O2/c1-9(10,6-13-2)7-8(14-3)12-5-4-11-7/h4-5H,6,10H2,1-3H3. The van der Waals surface area contributed by atoms with E-state index >= 15 is 0 Å². The van der Waals surface area contributed by atoms with Crippen molar-refractivity contribution in [1.29, 1.82) is 0 Å². The van der Waals surface area contributed by atoms with Gasteiger partial charge >= 0.3 is 0 Å². The molecular weight excluding hydrogens is 182 g/mol. The molecule has 2 N–H and O–H groups in total. The van der Waals surface area contributed by atoms with Gasteiger partial charge in [0.1, 0.15) is 5.69 Å². The second kappa shape index (κ2) is 4.34. The molecule has 0 aliphatic rings. The van der Waals surface area contributed by atoms with Gasteiger partial charge in [0.2, 0.25) is 5.88 Å². The lowest BCUT2D eigenvalue weighted by atomic mass is 10.0. The molecule has 78 valence electrons. The Morgan fingerprint density at radius 3 is 2.57 bits per heavy atom. The Bertz CT molecular complexity index is 302. The van der Waals surface area contributed by atoms with Gasteiger partial charge < -0.3 is 15.2 Å². The monoisotopic (exact) mass is 197 g/mol. The molecule has 0 saturated heterocycles. The first kappa shape index (κ1) is 10.9. The molecule has 1 aromatic rings. The summed E-state index contributed by atoms with van der Waals surface area (Å²) in [6, 6.07) is 0. The molecule has 1 aromatic heterocycles. The molecule has 0 amide bonds. The van der Waals surface area contributed by atoms with Crippen molar-refractivity contribution in [2.24, 2.45) is 5.73 Å². The van der Waals surface area contributed by atoms with Gasteiger partial charge in [-0.05, 0) is 6.92 Å². The molecule has 1 rings (SSSR count). The van der Waals surface area contributed by atoms with E-state index in [4.69, 9.17) is 15.2 Å². The molecule has 0 aromatic carbocycles. The number of hydrogen-bond acceptors (Lipinski definition) is 5. The summed E-state index contributed by atoms with van der Waals surface area (Å²) >= 11 is 0. The molecule has 0 saturated carbocycles. The topological polar surface area (TPSA) is 70.3 Å². The largest absolute Gasteiger partial charge is 0.480 e. The maximum absolute atomic E-state index is 6.02. The third-order valence-corrected chi connectivity index (χ3v) is 1.84. The van der Waals surface area contributed by atoms with Crippen LogP contribution in [0, 0.1) is 0 Å². The third-order valence-electron chi connectivity index (χ3n) is 1.84. The molecule has 1 heterocycles. The number of hydrogen-bond donors (Lipinski definition) is 1. The molecule has 1 atom stereocenters. The Kier molecular flexibility index (Phi) is 3.38. The normalized spacial score (nSPS) is 14.9. The Labute approximate surface area is 83.3 Å². The first-order chi connectivity index (χ1) is 6.61. The lowest BCUT2D eigenvalue weighted by Crippen LogP contribution is -2.39. The van der Waals surface area contributed by atoms with Gasteiger partial charge in [-0.15, -0.1) is 0 Å². The van der Waals surface area contributed by atoms with Crippen molar-refractivity contribution in [1.82, 2.24) is 9.97 Å². The van der Waals surface area contributed by atoms with E-state index in [-0.39, 0.29) is 0 Å². The number of rotatable bonds is 4. The predicted molar refractivity (Wildman–Crippen MR) is 52.0 cm³/mol. The van der Waals surface area contributed by atoms with Crippen LogP contribution in [0.1, 0.15) is 12.6 Å². The van der Waals surface area contributed by atoms with Crippen molar-refractivity contribution in [2.45, 2.75) is 12.5 Å². The third kappa shape index (κ3) is 2.18. The van der Waals surface area contributed by atoms with Crippen LogP contribution in [0.3, 0.4) is 0 Å². The Hall–Kier alpha value is -1.20. The van der Waals surface area contributed by atoms with E-state index in [1.54, 1.807) is 19.5 Å². The summed E-state index contributed by atoms with van der Waals surface area (Å²) in [6.07, 6.45) is 3.14. The highest BCUT2D eigenvalue weighted by Crippen LogP contribution is 2.23. The van der Waals surface area contributed by atoms with Gasteiger partial charge in [0.05, 0.1) is 19.3 Å². The summed E-state index contributed by atoms with van der Waals surface area (Å²) in [5.41, 5.74) is 5.93. The number of ether oxygens (including phenoxy) is 2. The van der Waals surface area contributed by atoms with Crippen LogP contribution in [0.4, 0.5) is 0 Å². The zero-order valence-electron chi connectivity index (χ0n) is 8.65. The molecule has 0 radical (unpaired) electrons. The zero-order valence-corrected chi connectivity index (χ0v) is 8.65. The minimum Gasteiger partial charge on any atom is -0.480 e. The van der Waals surface area contributed by atoms with Crippen molar-refractivity contribution < 1.29 is 9.47 Å². The van der Waals surface area contributed by atoms with Gasteiger partial charge in [-0.25, -0.2) is 4.98 Å². The van der Waals surface area contributed by atoms with Gasteiger partial charge in [0, 0.05) is 19.5 Å². The van der Waals surface area contributed by atoms with Gasteiger partial charge in [-0.3, -0.25) is 4.98 Å². The second-order valence-electron chi connectivity index (χ2n) is 3.26. The summed E-state index contributed by atoms with van der Waals surface area (Å²) in [6.45, 7) is 2.19. The maximum Gasteiger partial charge on any atom is 0.237 e. The Morgan fingerprint density at radius 2 is 2.00 bits per heavy atom. The number of nitrogens with two attached hydrogens (primary N) is 1. The highest BCUT2D eigenvalue weighted by Gasteiger charge is 2.27. The molecule has 5 nitrogen and oxygen atoms in total. The Morgan fingerprint density at radius 1 is 1.36 bits per heavy atom. The fraction of sp³-hybridized carbons (Fsp3) is 0.556. The fourth-order valence-corrected chi connectivity index (χ4v) is 1.23. The number of methoxy groups -OCH3 is 2. The van der Waals surface area contributed by atoms with Gasteiger partial charge in [0.15, 0.2) is 0 Å². The van der Waals surface area contributed by atoms with Gasteiger partial charge in [-0.1, -0.05) is 0 Å². The Balaban J connectivity index is 3.04. The summed E-state index contributed by atoms with van der Waals surface area (Å²) in [4.78, 5) is 8.17. The van der Waals surface area contributed by atoms with Crippen molar-refractivity contribution >= 4 is 0 Å². The smallest absolute Gasteiger partial charge is 0.237 e. The molecule has 0 fully saturated rings. The van der Waals surface area contributed by atoms with E-state index in [2.05, 4.69) is 9.97 Å². The molecule has 14 heavy (non-hydrogen) atoms. The van der Waals surface area contributed by atoms with E-state index in [1.165, 1.54) is 7.11 Å². The van der Waals surface area contributed by atoms with Crippen molar-refractivity contribution in [3.63, 3.8) is 0 Å². The van der Waals surface area contributed by atoms with E-state index in [9.17, 15) is 0 Å². The van der Waals surface area contributed by atoms with Crippen LogP contribution in [0.15, 0.2) is 12.4 Å². The lowest BCUT2D eigenvalue weighted by molar-refractivity contribution is 0.136. The SMILES string of the molecule is COCC(C)(N)c1nccnc1OC. The molecule has 0 spiro atoms. The van der Waals surface area contributed by atoms with E-state index in [1.807, 2.05) is 6.92 Å². The van der Waals surface area contributed by atoms with Crippen LogP contribution in [0.5, 0.6) is 5.88 Å². The summed E-state index contributed by atoms with van der Waals surface area (Å²) in [7, 11) is 3.13. The summed E-state index contributed by atoms with van der Waals surface area (Å²) in [5, 5.41) is 0. The van der Waals surface area contributed by atoms with Crippen LogP contribution >= 0.6 is 0 Å². The maximum atomic E-state index is 6.02. The highest BCUT2D eigenvalue weighted by atomic mass is 16.5. The molecule has 1 unspecified atom stereocenters. The fourth-order valence-electron chi connectivity index (χ4n) is 1.23. The van der Waals surface area contributed by atoms with Gasteiger partial charge in [-0.2, -0.15) is 0 Å². The molecule has 0 aliphatic heterocycles. The average molecular weight is 197 g/mol. The highest BCUT2D eigenvalue weighted by molar-refractivity contribution is 5.25. The number of nitrogens with zero attached hydrogens (tertiary/aromatic N) is 2. The van der Waals surface area contributed by atoms with Crippen LogP contribution in [-0.4, -0.2) is 30.8 Å². The first-order valence-corrected chi connectivity index (χ1v) is 4.25. The van der Waals surface area contributed by atoms with Crippen LogP contribution in [0.25, 0.3) is 0 Å². The first-order valence-electron chi connectivity index (χ1n) is 4.25. The second-order valence-corrected chi connectivity index (χ2v) is 3.26. The van der Waals surface area contributed by atoms with Crippen molar-refractivity contribution in [2.75, 3.05) is 20.8 Å². The predicted octanol–water partition coefficient (Wildman–Crippen LogP) is 0.305. The van der Waals surface area contributed by atoms with E-state index in [0.29, 0.717) is 18.2 Å². The van der Waals surface area contributed by atoms with E-state index < -0.39 is 5.54 Å². The van der Waals surface area contributed by atoms with Crippen molar-refractivity contribution in [3.8, 4) is 5.88 Å². The quantitative estimate of drug-likeness (QED) is 0.752. The van der Waals surface area contributed by atoms with Gasteiger partial charge in [0.25, 0.3) is 0 Å². The minimum absolute atomic E-state index is 0.363. The molecule has 0 aliphatic carbocycles. The zero-order chi connectivity index (χ0) is 10.6. The minimum atomic E-state index is -0.686. The molecular formula is C9H15N3O2. The summed E-state index contributed by atoms with van der Waals surface area (Å²) in [5.74, 6) is 0.439. The lowest BCUT2D eigenvalue weighted by Gasteiger charge is -2.23. The molecule has 5 heteroatoms. The molecule has 0 bridgehead atoms. The van der Waals surface area contributed by atoms with Crippen LogP contribution < -0.4 is 10.5 Å². The number of aromatic nitrogens is 2. The van der Waals surface area contributed by atoms with Crippen molar-refractivity contribution in [3.05, 3.63) is 18.1 Å². The average Bonchev–Trinajstić information content (AvgIpc) is 2.18. The van der Waals surface area contributed by atoms with Crippen LogP contribution in [0.2, 0.25) is 0 Å². The van der Waals surface area contributed by atoms with Crippen LogP contribution in [-0.2, 0) is 10.3 Å².